The van der Waals surface area contributed by atoms with Crippen molar-refractivity contribution in [2.75, 3.05) is 0 Å². The minimum absolute atomic E-state index is 0.120. The number of nitro groups is 1. The first kappa shape index (κ1) is 12.9. The van der Waals surface area contributed by atoms with Gasteiger partial charge in [0.05, 0.1) is 4.92 Å². The van der Waals surface area contributed by atoms with E-state index in [4.69, 9.17) is 4.74 Å². The number of ether oxygens (including phenoxy) is 1. The molecule has 98 valence electrons. The Morgan fingerprint density at radius 1 is 1.44 bits per heavy atom. The number of non-ortho nitro benzene ring substituents is 1. The van der Waals surface area contributed by atoms with Gasteiger partial charge in [0.15, 0.2) is 0 Å². The summed E-state index contributed by atoms with van der Waals surface area (Å²) in [5.74, 6) is 0.798. The van der Waals surface area contributed by atoms with Crippen molar-refractivity contribution in [1.82, 2.24) is 0 Å². The Morgan fingerprint density at radius 3 is 2.78 bits per heavy atom. The van der Waals surface area contributed by atoms with E-state index in [1.807, 2.05) is 0 Å². The van der Waals surface area contributed by atoms with Gasteiger partial charge in [-0.2, -0.15) is 0 Å². The Morgan fingerprint density at radius 2 is 2.17 bits per heavy atom. The molecule has 4 nitrogen and oxygen atoms in total. The first-order valence-corrected chi connectivity index (χ1v) is 6.42. The highest BCUT2D eigenvalue weighted by Gasteiger charge is 2.41. The Balaban J connectivity index is 2.32. The molecule has 1 heterocycles. The van der Waals surface area contributed by atoms with Crippen LogP contribution in [-0.4, -0.2) is 11.0 Å². The van der Waals surface area contributed by atoms with Gasteiger partial charge in [0.25, 0.3) is 5.69 Å². The van der Waals surface area contributed by atoms with Crippen molar-refractivity contribution in [3.63, 3.8) is 0 Å². The van der Waals surface area contributed by atoms with Crippen LogP contribution in [0.4, 0.5) is 5.69 Å². The molecule has 18 heavy (non-hydrogen) atoms. The van der Waals surface area contributed by atoms with Gasteiger partial charge in [-0.3, -0.25) is 10.1 Å². The van der Waals surface area contributed by atoms with Crippen LogP contribution in [0, 0.1) is 10.1 Å². The van der Waals surface area contributed by atoms with Crippen LogP contribution in [0.25, 0.3) is 0 Å². The monoisotopic (exact) mass is 249 g/mol. The number of nitrogens with zero attached hydrogens (tertiary/aromatic N) is 1. The van der Waals surface area contributed by atoms with Crippen LogP contribution in [0.3, 0.4) is 0 Å². The number of unbranched alkanes of at least 4 members (excludes halogenated alkanes) is 1. The molecule has 0 aromatic heterocycles. The molecule has 4 heteroatoms. The molecule has 1 aromatic carbocycles. The van der Waals surface area contributed by atoms with Crippen LogP contribution in [-0.2, 0) is 5.41 Å². The molecule has 0 bridgehead atoms. The van der Waals surface area contributed by atoms with Gasteiger partial charge >= 0.3 is 0 Å². The molecule has 0 radical (unpaired) electrons. The maximum absolute atomic E-state index is 10.8. The summed E-state index contributed by atoms with van der Waals surface area (Å²) in [7, 11) is 0. The zero-order chi connectivity index (χ0) is 13.3. The number of nitro benzene ring substituents is 1. The lowest BCUT2D eigenvalue weighted by atomic mass is 9.79. The molecule has 0 aliphatic carbocycles. The molecule has 0 N–H and O–H groups in total. The topological polar surface area (TPSA) is 52.4 Å². The van der Waals surface area contributed by atoms with E-state index in [9.17, 15) is 10.1 Å². The van der Waals surface area contributed by atoms with E-state index in [0.29, 0.717) is 0 Å². The highest BCUT2D eigenvalue weighted by molar-refractivity contribution is 5.50. The number of fused-ring (bicyclic) bond motifs is 1. The second-order valence-corrected chi connectivity index (χ2v) is 5.41. The molecule has 0 spiro atoms. The smallest absolute Gasteiger partial charge is 0.269 e. The van der Waals surface area contributed by atoms with E-state index in [-0.39, 0.29) is 22.1 Å². The van der Waals surface area contributed by atoms with Crippen LogP contribution < -0.4 is 4.74 Å². The van der Waals surface area contributed by atoms with Gasteiger partial charge < -0.3 is 4.74 Å². The van der Waals surface area contributed by atoms with Crippen molar-refractivity contribution in [2.45, 2.75) is 51.6 Å². The molecule has 0 saturated carbocycles. The molecular formula is C14H19NO3. The lowest BCUT2D eigenvalue weighted by Gasteiger charge is -2.25. The van der Waals surface area contributed by atoms with E-state index in [2.05, 4.69) is 20.8 Å². The highest BCUT2D eigenvalue weighted by Crippen LogP contribution is 2.45. The second kappa shape index (κ2) is 4.59. The first-order valence-electron chi connectivity index (χ1n) is 6.42. The van der Waals surface area contributed by atoms with Gasteiger partial charge in [-0.15, -0.1) is 0 Å². The quantitative estimate of drug-likeness (QED) is 0.602. The summed E-state index contributed by atoms with van der Waals surface area (Å²) in [4.78, 5) is 10.5. The molecular weight excluding hydrogens is 230 g/mol. The minimum atomic E-state index is -0.351. The van der Waals surface area contributed by atoms with Crippen LogP contribution in [0.15, 0.2) is 18.2 Å². The highest BCUT2D eigenvalue weighted by atomic mass is 16.6. The van der Waals surface area contributed by atoms with Crippen LogP contribution in [0.2, 0.25) is 0 Å². The maximum atomic E-state index is 10.8. The van der Waals surface area contributed by atoms with Crippen molar-refractivity contribution in [2.24, 2.45) is 0 Å². The minimum Gasteiger partial charge on any atom is -0.489 e. The van der Waals surface area contributed by atoms with E-state index in [1.165, 1.54) is 6.07 Å². The van der Waals surface area contributed by atoms with Crippen molar-refractivity contribution < 1.29 is 9.66 Å². The number of benzene rings is 1. The number of hydrogen-bond acceptors (Lipinski definition) is 3. The van der Waals surface area contributed by atoms with Gasteiger partial charge in [0, 0.05) is 23.1 Å². The molecule has 1 aliphatic heterocycles. The standard InChI is InChI=1S/C14H19NO3/c1-4-5-6-13-14(2,3)11-9-10(15(16)17)7-8-12(11)18-13/h7-9,13H,4-6H2,1-3H3. The van der Waals surface area contributed by atoms with Crippen molar-refractivity contribution >= 4 is 5.69 Å². The number of hydrogen-bond donors (Lipinski definition) is 0. The fraction of sp³-hybridized carbons (Fsp3) is 0.571. The molecule has 1 aromatic rings. The second-order valence-electron chi connectivity index (χ2n) is 5.41. The van der Waals surface area contributed by atoms with Gasteiger partial charge in [-0.25, -0.2) is 0 Å². The van der Waals surface area contributed by atoms with E-state index in [0.717, 1.165) is 30.6 Å². The Bertz CT molecular complexity index is 468. The lowest BCUT2D eigenvalue weighted by Crippen LogP contribution is -2.32. The van der Waals surface area contributed by atoms with E-state index in [1.54, 1.807) is 12.1 Å². The Kier molecular flexibility index (Phi) is 3.28. The zero-order valence-electron chi connectivity index (χ0n) is 11.1. The summed E-state index contributed by atoms with van der Waals surface area (Å²) in [6.07, 6.45) is 3.36. The molecule has 0 saturated heterocycles. The molecule has 2 rings (SSSR count). The predicted octanol–water partition coefficient (Wildman–Crippen LogP) is 3.82. The molecule has 1 unspecified atom stereocenters. The fourth-order valence-electron chi connectivity index (χ4n) is 2.52. The third kappa shape index (κ3) is 2.07. The van der Waals surface area contributed by atoms with Gasteiger partial charge in [0.1, 0.15) is 11.9 Å². The summed E-state index contributed by atoms with van der Waals surface area (Å²) in [5, 5.41) is 10.8. The van der Waals surface area contributed by atoms with Crippen molar-refractivity contribution in [3.8, 4) is 5.75 Å². The Labute approximate surface area is 107 Å². The zero-order valence-corrected chi connectivity index (χ0v) is 11.1. The summed E-state index contributed by atoms with van der Waals surface area (Å²) >= 11 is 0. The summed E-state index contributed by atoms with van der Waals surface area (Å²) < 4.78 is 5.94. The van der Waals surface area contributed by atoms with Gasteiger partial charge in [-0.05, 0) is 12.5 Å². The number of rotatable bonds is 4. The van der Waals surface area contributed by atoms with E-state index < -0.39 is 0 Å². The lowest BCUT2D eigenvalue weighted by molar-refractivity contribution is -0.384. The Hall–Kier alpha value is -1.58. The molecule has 1 atom stereocenters. The third-order valence-electron chi connectivity index (χ3n) is 3.76. The normalized spacial score (nSPS) is 20.3. The van der Waals surface area contributed by atoms with Crippen LogP contribution in [0.1, 0.15) is 45.6 Å². The summed E-state index contributed by atoms with van der Waals surface area (Å²) in [5.41, 5.74) is 0.940. The largest absolute Gasteiger partial charge is 0.489 e. The first-order chi connectivity index (χ1) is 8.46. The SMILES string of the molecule is CCCCC1Oc2ccc([N+](=O)[O-])cc2C1(C)C. The van der Waals surface area contributed by atoms with Crippen molar-refractivity contribution in [3.05, 3.63) is 33.9 Å². The fourth-order valence-corrected chi connectivity index (χ4v) is 2.52. The average Bonchev–Trinajstić information content (AvgIpc) is 2.58. The van der Waals surface area contributed by atoms with Crippen LogP contribution >= 0.6 is 0 Å². The van der Waals surface area contributed by atoms with E-state index >= 15 is 0 Å². The molecule has 0 amide bonds. The third-order valence-corrected chi connectivity index (χ3v) is 3.76. The molecule has 0 fully saturated rings. The van der Waals surface area contributed by atoms with Gasteiger partial charge in [0.2, 0.25) is 0 Å². The molecule has 1 aliphatic rings. The average molecular weight is 249 g/mol. The van der Waals surface area contributed by atoms with Crippen molar-refractivity contribution in [1.29, 1.82) is 0 Å². The summed E-state index contributed by atoms with van der Waals surface area (Å²) in [6, 6.07) is 4.89. The van der Waals surface area contributed by atoms with Gasteiger partial charge in [-0.1, -0.05) is 33.6 Å². The maximum Gasteiger partial charge on any atom is 0.269 e. The van der Waals surface area contributed by atoms with Crippen LogP contribution in [0.5, 0.6) is 5.75 Å². The summed E-state index contributed by atoms with van der Waals surface area (Å²) in [6.45, 7) is 6.35. The predicted molar refractivity (Wildman–Crippen MR) is 70.1 cm³/mol.